The molecule has 0 aliphatic carbocycles. The lowest BCUT2D eigenvalue weighted by molar-refractivity contribution is -0.122. The van der Waals surface area contributed by atoms with Crippen molar-refractivity contribution in [3.63, 3.8) is 0 Å². The van der Waals surface area contributed by atoms with Crippen molar-refractivity contribution in [1.29, 1.82) is 0 Å². The highest BCUT2D eigenvalue weighted by Crippen LogP contribution is 2.23. The molecule has 0 spiro atoms. The van der Waals surface area contributed by atoms with Crippen molar-refractivity contribution in [2.75, 3.05) is 6.54 Å². The largest absolute Gasteiger partial charge is 0.326 e. The van der Waals surface area contributed by atoms with Gasteiger partial charge in [0.1, 0.15) is 0 Å². The van der Waals surface area contributed by atoms with Crippen LogP contribution in [0, 0.1) is 0 Å². The minimum Gasteiger partial charge on any atom is -0.326 e. The Kier molecular flexibility index (Phi) is 4.88. The van der Waals surface area contributed by atoms with Crippen LogP contribution in [0.3, 0.4) is 0 Å². The summed E-state index contributed by atoms with van der Waals surface area (Å²) in [6.07, 6.45) is -3.94. The summed E-state index contributed by atoms with van der Waals surface area (Å²) in [4.78, 5) is -0.303. The minimum absolute atomic E-state index is 0.123. The molecule has 0 fully saturated rings. The van der Waals surface area contributed by atoms with Gasteiger partial charge in [-0.15, -0.1) is 0 Å². The van der Waals surface area contributed by atoms with Crippen molar-refractivity contribution < 1.29 is 26.0 Å². The minimum atomic E-state index is -4.43. The molecule has 0 atom stereocenters. The highest BCUT2D eigenvalue weighted by Gasteiger charge is 2.41. The number of nitrogens with two attached hydrogens (primary N) is 1. The quantitative estimate of drug-likeness (QED) is 0.778. The number of hydrogen-bond acceptors (Lipinski definition) is 3. The van der Waals surface area contributed by atoms with Crippen LogP contribution in [0.2, 0.25) is 0 Å². The van der Waals surface area contributed by atoms with Gasteiger partial charge in [0.2, 0.25) is 10.0 Å². The molecule has 19 heavy (non-hydrogen) atoms. The molecule has 0 heterocycles. The summed E-state index contributed by atoms with van der Waals surface area (Å²) >= 11 is 0. The molecule has 1 aromatic carbocycles. The standard InChI is InChI=1S/C10H12F4N2O2S/c11-9(12)10(13,14)6-16-19(17,18)8-4-2-1-3-7(8)5-15/h1-4,9,16H,5-6,15H2. The van der Waals surface area contributed by atoms with Gasteiger partial charge in [0.25, 0.3) is 0 Å². The Morgan fingerprint density at radius 1 is 1.26 bits per heavy atom. The van der Waals surface area contributed by atoms with E-state index in [0.717, 1.165) is 6.07 Å². The lowest BCUT2D eigenvalue weighted by atomic mass is 10.2. The van der Waals surface area contributed by atoms with Crippen LogP contribution in [0.5, 0.6) is 0 Å². The zero-order valence-corrected chi connectivity index (χ0v) is 10.4. The van der Waals surface area contributed by atoms with Gasteiger partial charge in [0.05, 0.1) is 11.4 Å². The molecule has 1 aromatic rings. The number of hydrogen-bond donors (Lipinski definition) is 2. The molecule has 0 bridgehead atoms. The van der Waals surface area contributed by atoms with Crippen LogP contribution < -0.4 is 10.5 Å². The number of nitrogens with one attached hydrogen (secondary N) is 1. The molecule has 4 nitrogen and oxygen atoms in total. The molecular weight excluding hydrogens is 288 g/mol. The Labute approximate surface area is 107 Å². The number of sulfonamides is 1. The van der Waals surface area contributed by atoms with E-state index < -0.39 is 28.9 Å². The van der Waals surface area contributed by atoms with Crippen molar-refractivity contribution in [3.8, 4) is 0 Å². The molecule has 0 aliphatic rings. The third-order valence-corrected chi connectivity index (χ3v) is 3.80. The first-order valence-corrected chi connectivity index (χ1v) is 6.62. The molecule has 1 rings (SSSR count). The number of alkyl halides is 4. The van der Waals surface area contributed by atoms with E-state index in [1.807, 2.05) is 0 Å². The molecule has 0 unspecified atom stereocenters. The Balaban J connectivity index is 2.94. The fraction of sp³-hybridized carbons (Fsp3) is 0.400. The first-order valence-electron chi connectivity index (χ1n) is 5.14. The smallest absolute Gasteiger partial charge is 0.320 e. The summed E-state index contributed by atoms with van der Waals surface area (Å²) in [7, 11) is -4.31. The van der Waals surface area contributed by atoms with Crippen LogP contribution in [0.25, 0.3) is 0 Å². The van der Waals surface area contributed by atoms with E-state index in [-0.39, 0.29) is 17.0 Å². The molecule has 0 saturated carbocycles. The number of halogens is 4. The van der Waals surface area contributed by atoms with Gasteiger partial charge in [0.15, 0.2) is 0 Å². The van der Waals surface area contributed by atoms with Gasteiger partial charge < -0.3 is 5.73 Å². The first kappa shape index (κ1) is 15.9. The number of benzene rings is 1. The summed E-state index contributed by atoms with van der Waals surface area (Å²) in [5.74, 6) is -4.43. The monoisotopic (exact) mass is 300 g/mol. The first-order chi connectivity index (χ1) is 8.70. The molecule has 9 heteroatoms. The molecule has 0 radical (unpaired) electrons. The predicted molar refractivity (Wildman–Crippen MR) is 60.5 cm³/mol. The van der Waals surface area contributed by atoms with Gasteiger partial charge in [-0.2, -0.15) is 8.78 Å². The fourth-order valence-corrected chi connectivity index (χ4v) is 2.57. The van der Waals surface area contributed by atoms with Gasteiger partial charge in [-0.3, -0.25) is 0 Å². The summed E-state index contributed by atoms with van der Waals surface area (Å²) < 4.78 is 74.1. The zero-order chi connectivity index (χ0) is 14.7. The zero-order valence-electron chi connectivity index (χ0n) is 9.61. The highest BCUT2D eigenvalue weighted by molar-refractivity contribution is 7.89. The fourth-order valence-electron chi connectivity index (χ4n) is 1.28. The Morgan fingerprint density at radius 2 is 1.84 bits per heavy atom. The van der Waals surface area contributed by atoms with Crippen LogP contribution >= 0.6 is 0 Å². The topological polar surface area (TPSA) is 72.2 Å². The van der Waals surface area contributed by atoms with Gasteiger partial charge in [-0.05, 0) is 11.6 Å². The average molecular weight is 300 g/mol. The second-order valence-corrected chi connectivity index (χ2v) is 5.43. The second kappa shape index (κ2) is 5.85. The lowest BCUT2D eigenvalue weighted by Crippen LogP contribution is -2.41. The molecule has 108 valence electrons. The number of rotatable bonds is 6. The van der Waals surface area contributed by atoms with Crippen molar-refractivity contribution >= 4 is 10.0 Å². The summed E-state index contributed by atoms with van der Waals surface area (Å²) in [5, 5.41) is 0. The third kappa shape index (κ3) is 3.88. The molecule has 0 amide bonds. The predicted octanol–water partition coefficient (Wildman–Crippen LogP) is 1.32. The van der Waals surface area contributed by atoms with Gasteiger partial charge in [-0.1, -0.05) is 18.2 Å². The van der Waals surface area contributed by atoms with Gasteiger partial charge in [0, 0.05) is 6.54 Å². The maximum absolute atomic E-state index is 12.7. The maximum atomic E-state index is 12.7. The van der Waals surface area contributed by atoms with Crippen molar-refractivity contribution in [1.82, 2.24) is 4.72 Å². The summed E-state index contributed by atoms with van der Waals surface area (Å²) in [6.45, 7) is -1.80. The van der Waals surface area contributed by atoms with Crippen molar-refractivity contribution in [2.45, 2.75) is 23.8 Å². The average Bonchev–Trinajstić information content (AvgIpc) is 2.36. The van der Waals surface area contributed by atoms with E-state index in [1.165, 1.54) is 22.9 Å². The molecule has 0 aliphatic heterocycles. The lowest BCUT2D eigenvalue weighted by Gasteiger charge is -2.16. The molecular formula is C10H12F4N2O2S. The van der Waals surface area contributed by atoms with E-state index in [1.54, 1.807) is 0 Å². The summed E-state index contributed by atoms with van der Waals surface area (Å²) in [6, 6.07) is 5.46. The van der Waals surface area contributed by atoms with Crippen LogP contribution in [-0.4, -0.2) is 27.3 Å². The molecule has 3 N–H and O–H groups in total. The highest BCUT2D eigenvalue weighted by atomic mass is 32.2. The SMILES string of the molecule is NCc1ccccc1S(=O)(=O)NCC(F)(F)C(F)F. The van der Waals surface area contributed by atoms with E-state index in [9.17, 15) is 26.0 Å². The van der Waals surface area contributed by atoms with E-state index >= 15 is 0 Å². The van der Waals surface area contributed by atoms with E-state index in [4.69, 9.17) is 5.73 Å². The van der Waals surface area contributed by atoms with Crippen molar-refractivity contribution in [3.05, 3.63) is 29.8 Å². The van der Waals surface area contributed by atoms with E-state index in [2.05, 4.69) is 0 Å². The van der Waals surface area contributed by atoms with Gasteiger partial charge >= 0.3 is 12.3 Å². The van der Waals surface area contributed by atoms with Crippen LogP contribution in [0.1, 0.15) is 5.56 Å². The van der Waals surface area contributed by atoms with Crippen LogP contribution in [-0.2, 0) is 16.6 Å². The Bertz CT molecular complexity index is 534. The Hall–Kier alpha value is -1.19. The van der Waals surface area contributed by atoms with Crippen LogP contribution in [0.4, 0.5) is 17.6 Å². The molecule has 0 saturated heterocycles. The van der Waals surface area contributed by atoms with Crippen LogP contribution in [0.15, 0.2) is 29.2 Å². The maximum Gasteiger partial charge on any atom is 0.320 e. The Morgan fingerprint density at radius 3 is 2.37 bits per heavy atom. The van der Waals surface area contributed by atoms with E-state index in [0.29, 0.717) is 0 Å². The summed E-state index contributed by atoms with van der Waals surface area (Å²) in [5.41, 5.74) is 5.52. The second-order valence-electron chi connectivity index (χ2n) is 3.70. The van der Waals surface area contributed by atoms with Gasteiger partial charge in [-0.25, -0.2) is 21.9 Å². The normalized spacial score (nSPS) is 12.9. The molecule has 0 aromatic heterocycles. The third-order valence-electron chi connectivity index (χ3n) is 2.30. The van der Waals surface area contributed by atoms with Crippen molar-refractivity contribution in [2.24, 2.45) is 5.73 Å².